The summed E-state index contributed by atoms with van der Waals surface area (Å²) in [6.07, 6.45) is 7.14. The first-order valence-corrected chi connectivity index (χ1v) is 8.43. The molecule has 0 aliphatic heterocycles. The van der Waals surface area contributed by atoms with Crippen molar-refractivity contribution in [1.29, 1.82) is 0 Å². The fourth-order valence-corrected chi connectivity index (χ4v) is 2.74. The third kappa shape index (κ3) is 4.08. The van der Waals surface area contributed by atoms with E-state index >= 15 is 0 Å². The van der Waals surface area contributed by atoms with E-state index in [0.29, 0.717) is 5.41 Å². The van der Waals surface area contributed by atoms with E-state index in [0.717, 1.165) is 55.4 Å². The van der Waals surface area contributed by atoms with Crippen LogP contribution in [0.4, 0.5) is 11.6 Å². The Morgan fingerprint density at radius 2 is 1.71 bits per heavy atom. The average Bonchev–Trinajstić information content (AvgIpc) is 2.44. The van der Waals surface area contributed by atoms with E-state index < -0.39 is 0 Å². The van der Waals surface area contributed by atoms with Crippen LogP contribution in [-0.4, -0.2) is 23.1 Å². The summed E-state index contributed by atoms with van der Waals surface area (Å²) in [4.78, 5) is 9.41. The second-order valence-corrected chi connectivity index (χ2v) is 6.66. The summed E-state index contributed by atoms with van der Waals surface area (Å²) < 4.78 is 0. The highest BCUT2D eigenvalue weighted by molar-refractivity contribution is 5.57. The minimum Gasteiger partial charge on any atom is -0.370 e. The number of anilines is 2. The molecule has 1 aromatic rings. The Bertz CT molecular complexity index is 466. The average molecular weight is 290 g/mol. The van der Waals surface area contributed by atoms with Gasteiger partial charge in [-0.15, -0.1) is 0 Å². The SMILES string of the molecule is CCCNc1nc(CCC)nc(NCC2(C)CCC2)c1C. The summed E-state index contributed by atoms with van der Waals surface area (Å²) in [7, 11) is 0. The van der Waals surface area contributed by atoms with Gasteiger partial charge in [0.05, 0.1) is 0 Å². The van der Waals surface area contributed by atoms with Crippen LogP contribution in [-0.2, 0) is 6.42 Å². The topological polar surface area (TPSA) is 49.8 Å². The van der Waals surface area contributed by atoms with Gasteiger partial charge in [-0.1, -0.05) is 27.2 Å². The zero-order chi connectivity index (χ0) is 15.3. The van der Waals surface area contributed by atoms with Crippen LogP contribution in [0.3, 0.4) is 0 Å². The van der Waals surface area contributed by atoms with Crippen molar-refractivity contribution in [3.8, 4) is 0 Å². The lowest BCUT2D eigenvalue weighted by atomic mass is 9.70. The fourth-order valence-electron chi connectivity index (χ4n) is 2.74. The molecule has 0 atom stereocenters. The van der Waals surface area contributed by atoms with E-state index in [2.05, 4.69) is 43.3 Å². The predicted octanol–water partition coefficient (Wildman–Crippen LogP) is 4.16. The van der Waals surface area contributed by atoms with Crippen molar-refractivity contribution < 1.29 is 0 Å². The number of nitrogens with zero attached hydrogens (tertiary/aromatic N) is 2. The minimum absolute atomic E-state index is 0.458. The molecule has 0 radical (unpaired) electrons. The lowest BCUT2D eigenvalue weighted by Gasteiger charge is -2.38. The molecule has 0 saturated heterocycles. The molecule has 0 amide bonds. The Morgan fingerprint density at radius 1 is 1.05 bits per heavy atom. The van der Waals surface area contributed by atoms with Gasteiger partial charge in [-0.3, -0.25) is 0 Å². The Labute approximate surface area is 129 Å². The summed E-state index contributed by atoms with van der Waals surface area (Å²) in [6, 6.07) is 0. The fraction of sp³-hybridized carbons (Fsp3) is 0.765. The van der Waals surface area contributed by atoms with Gasteiger partial charge in [0.25, 0.3) is 0 Å². The third-order valence-electron chi connectivity index (χ3n) is 4.45. The van der Waals surface area contributed by atoms with E-state index in [-0.39, 0.29) is 0 Å². The number of hydrogen-bond acceptors (Lipinski definition) is 4. The number of aromatic nitrogens is 2. The van der Waals surface area contributed by atoms with Crippen molar-refractivity contribution in [2.75, 3.05) is 23.7 Å². The van der Waals surface area contributed by atoms with Crippen molar-refractivity contribution >= 4 is 11.6 Å². The molecule has 1 aromatic heterocycles. The van der Waals surface area contributed by atoms with Gasteiger partial charge >= 0.3 is 0 Å². The van der Waals surface area contributed by atoms with Gasteiger partial charge in [0.15, 0.2) is 0 Å². The van der Waals surface area contributed by atoms with Crippen molar-refractivity contribution in [1.82, 2.24) is 9.97 Å². The number of aryl methyl sites for hydroxylation is 1. The van der Waals surface area contributed by atoms with Gasteiger partial charge in [0, 0.05) is 25.1 Å². The van der Waals surface area contributed by atoms with E-state index in [1.165, 1.54) is 19.3 Å². The Morgan fingerprint density at radius 3 is 2.24 bits per heavy atom. The summed E-state index contributed by atoms with van der Waals surface area (Å²) in [5.41, 5.74) is 1.60. The van der Waals surface area contributed by atoms with E-state index in [1.54, 1.807) is 0 Å². The van der Waals surface area contributed by atoms with Gasteiger partial charge in [-0.25, -0.2) is 9.97 Å². The molecule has 1 saturated carbocycles. The van der Waals surface area contributed by atoms with Gasteiger partial charge in [0.2, 0.25) is 0 Å². The highest BCUT2D eigenvalue weighted by atomic mass is 15.1. The molecular formula is C17H30N4. The van der Waals surface area contributed by atoms with E-state index in [1.807, 2.05) is 0 Å². The smallest absolute Gasteiger partial charge is 0.134 e. The highest BCUT2D eigenvalue weighted by Gasteiger charge is 2.31. The molecule has 1 aliphatic carbocycles. The molecule has 118 valence electrons. The molecule has 21 heavy (non-hydrogen) atoms. The first-order chi connectivity index (χ1) is 10.1. The zero-order valence-corrected chi connectivity index (χ0v) is 14.1. The lowest BCUT2D eigenvalue weighted by molar-refractivity contribution is 0.180. The lowest BCUT2D eigenvalue weighted by Crippen LogP contribution is -2.33. The Balaban J connectivity index is 2.14. The molecule has 4 heteroatoms. The summed E-state index contributed by atoms with van der Waals surface area (Å²) in [5.74, 6) is 2.96. The normalized spacial score (nSPS) is 16.4. The largest absolute Gasteiger partial charge is 0.370 e. The van der Waals surface area contributed by atoms with Crippen LogP contribution in [0.5, 0.6) is 0 Å². The van der Waals surface area contributed by atoms with Gasteiger partial charge in [-0.05, 0) is 38.0 Å². The highest BCUT2D eigenvalue weighted by Crippen LogP contribution is 2.40. The van der Waals surface area contributed by atoms with Crippen LogP contribution in [0.1, 0.15) is 64.3 Å². The molecule has 1 aliphatic rings. The van der Waals surface area contributed by atoms with Crippen LogP contribution in [0.2, 0.25) is 0 Å². The van der Waals surface area contributed by atoms with Crippen LogP contribution in [0.15, 0.2) is 0 Å². The molecule has 2 rings (SSSR count). The molecule has 4 nitrogen and oxygen atoms in total. The van der Waals surface area contributed by atoms with Crippen LogP contribution in [0.25, 0.3) is 0 Å². The quantitative estimate of drug-likeness (QED) is 0.754. The second-order valence-electron chi connectivity index (χ2n) is 6.66. The maximum atomic E-state index is 4.73. The molecule has 0 aromatic carbocycles. The second kappa shape index (κ2) is 7.10. The standard InChI is InChI=1S/C17H30N4/c1-5-8-14-20-15(18-11-6-2)13(3)16(21-14)19-12-17(4)9-7-10-17/h5-12H2,1-4H3,(H2,18,19,20,21). The number of nitrogens with one attached hydrogen (secondary N) is 2. The van der Waals surface area contributed by atoms with Gasteiger partial charge < -0.3 is 10.6 Å². The number of rotatable bonds is 8. The Kier molecular flexibility index (Phi) is 5.43. The van der Waals surface area contributed by atoms with E-state index in [9.17, 15) is 0 Å². The van der Waals surface area contributed by atoms with Crippen LogP contribution in [0, 0.1) is 12.3 Å². The predicted molar refractivity (Wildman–Crippen MR) is 90.0 cm³/mol. The molecule has 1 heterocycles. The number of hydrogen-bond donors (Lipinski definition) is 2. The summed E-state index contributed by atoms with van der Waals surface area (Å²) in [6.45, 7) is 10.8. The molecule has 1 fully saturated rings. The molecular weight excluding hydrogens is 260 g/mol. The van der Waals surface area contributed by atoms with Crippen molar-refractivity contribution in [3.63, 3.8) is 0 Å². The first kappa shape index (κ1) is 16.1. The van der Waals surface area contributed by atoms with Crippen LogP contribution < -0.4 is 10.6 Å². The maximum absolute atomic E-state index is 4.73. The van der Waals surface area contributed by atoms with Gasteiger partial charge in [-0.2, -0.15) is 0 Å². The summed E-state index contributed by atoms with van der Waals surface area (Å²) >= 11 is 0. The van der Waals surface area contributed by atoms with Crippen molar-refractivity contribution in [3.05, 3.63) is 11.4 Å². The third-order valence-corrected chi connectivity index (χ3v) is 4.45. The maximum Gasteiger partial charge on any atom is 0.134 e. The first-order valence-electron chi connectivity index (χ1n) is 8.43. The molecule has 2 N–H and O–H groups in total. The zero-order valence-electron chi connectivity index (χ0n) is 14.1. The minimum atomic E-state index is 0.458. The Hall–Kier alpha value is -1.32. The van der Waals surface area contributed by atoms with Crippen LogP contribution >= 0.6 is 0 Å². The molecule has 0 spiro atoms. The molecule has 0 unspecified atom stereocenters. The monoisotopic (exact) mass is 290 g/mol. The summed E-state index contributed by atoms with van der Waals surface area (Å²) in [5, 5.41) is 7.02. The van der Waals surface area contributed by atoms with E-state index in [4.69, 9.17) is 4.98 Å². The van der Waals surface area contributed by atoms with Crippen molar-refractivity contribution in [2.24, 2.45) is 5.41 Å². The van der Waals surface area contributed by atoms with Gasteiger partial charge in [0.1, 0.15) is 17.5 Å². The van der Waals surface area contributed by atoms with Crippen molar-refractivity contribution in [2.45, 2.75) is 66.2 Å². The molecule has 0 bridgehead atoms.